The quantitative estimate of drug-likeness (QED) is 0.618. The van der Waals surface area contributed by atoms with Gasteiger partial charge in [0.15, 0.2) is 5.96 Å². The minimum absolute atomic E-state index is 0.232. The molecule has 1 amide bonds. The first-order chi connectivity index (χ1) is 13.3. The summed E-state index contributed by atoms with van der Waals surface area (Å²) < 4.78 is 11.4. The van der Waals surface area contributed by atoms with Crippen LogP contribution in [0.4, 0.5) is 4.79 Å². The zero-order valence-electron chi connectivity index (χ0n) is 17.8. The zero-order valence-corrected chi connectivity index (χ0v) is 17.8. The molecular weight excluding hydrogens is 356 g/mol. The molecule has 0 bridgehead atoms. The van der Waals surface area contributed by atoms with Crippen molar-refractivity contribution in [3.05, 3.63) is 30.3 Å². The Labute approximate surface area is 168 Å². The number of ether oxygens (including phenoxy) is 2. The predicted octanol–water partition coefficient (Wildman–Crippen LogP) is 2.97. The maximum absolute atomic E-state index is 12.0. The lowest BCUT2D eigenvalue weighted by molar-refractivity contribution is 0.0301. The Balaban J connectivity index is 1.72. The molecular formula is C21H34N4O3. The zero-order chi connectivity index (χ0) is 20.6. The molecule has 28 heavy (non-hydrogen) atoms. The van der Waals surface area contributed by atoms with Crippen LogP contribution >= 0.6 is 0 Å². The summed E-state index contributed by atoms with van der Waals surface area (Å²) >= 11 is 0. The number of nitrogens with zero attached hydrogens (tertiary/aromatic N) is 3. The number of hydrogen-bond acceptors (Lipinski definition) is 4. The highest BCUT2D eigenvalue weighted by molar-refractivity contribution is 5.80. The molecule has 1 heterocycles. The van der Waals surface area contributed by atoms with Crippen molar-refractivity contribution in [2.24, 2.45) is 4.99 Å². The molecule has 0 radical (unpaired) electrons. The van der Waals surface area contributed by atoms with Crippen LogP contribution in [0.2, 0.25) is 0 Å². The lowest BCUT2D eigenvalue weighted by Crippen LogP contribution is -2.49. The fourth-order valence-corrected chi connectivity index (χ4v) is 2.98. The molecule has 1 saturated heterocycles. The molecule has 0 aliphatic carbocycles. The van der Waals surface area contributed by atoms with Gasteiger partial charge in [-0.05, 0) is 32.9 Å². The second kappa shape index (κ2) is 10.2. The van der Waals surface area contributed by atoms with E-state index >= 15 is 0 Å². The van der Waals surface area contributed by atoms with Gasteiger partial charge in [-0.15, -0.1) is 0 Å². The highest BCUT2D eigenvalue weighted by atomic mass is 16.6. The molecule has 1 aliphatic heterocycles. The lowest BCUT2D eigenvalue weighted by atomic mass is 10.1. The fraction of sp³-hybridized carbons (Fsp3) is 0.619. The van der Waals surface area contributed by atoms with Crippen LogP contribution < -0.4 is 10.1 Å². The van der Waals surface area contributed by atoms with Gasteiger partial charge in [0.25, 0.3) is 0 Å². The normalized spacial score (nSPS) is 15.9. The average Bonchev–Trinajstić information content (AvgIpc) is 2.65. The summed E-state index contributed by atoms with van der Waals surface area (Å²) in [5, 5.41) is 3.34. The second-order valence-corrected chi connectivity index (χ2v) is 7.99. The maximum atomic E-state index is 12.0. The highest BCUT2D eigenvalue weighted by Crippen LogP contribution is 2.18. The van der Waals surface area contributed by atoms with Crippen LogP contribution in [-0.2, 0) is 4.74 Å². The average molecular weight is 391 g/mol. The van der Waals surface area contributed by atoms with Gasteiger partial charge in [-0.3, -0.25) is 4.99 Å². The number of carbonyl (C=O) groups is 1. The lowest BCUT2D eigenvalue weighted by Gasteiger charge is -2.34. The van der Waals surface area contributed by atoms with Crippen molar-refractivity contribution in [2.45, 2.75) is 45.3 Å². The van der Waals surface area contributed by atoms with Crippen molar-refractivity contribution in [1.82, 2.24) is 15.1 Å². The van der Waals surface area contributed by atoms with Gasteiger partial charge < -0.3 is 24.6 Å². The molecule has 1 aliphatic rings. The number of benzene rings is 1. The summed E-state index contributed by atoms with van der Waals surface area (Å²) in [5.41, 5.74) is -0.485. The molecule has 0 unspecified atom stereocenters. The highest BCUT2D eigenvalue weighted by Gasteiger charge is 2.23. The maximum Gasteiger partial charge on any atom is 0.410 e. The first kappa shape index (κ1) is 21.9. The molecule has 1 aromatic carbocycles. The topological polar surface area (TPSA) is 66.4 Å². The Kier molecular flexibility index (Phi) is 7.96. The number of hydrogen-bond donors (Lipinski definition) is 1. The van der Waals surface area contributed by atoms with Gasteiger partial charge in [0.1, 0.15) is 17.5 Å². The van der Waals surface area contributed by atoms with E-state index in [4.69, 9.17) is 9.47 Å². The molecule has 0 saturated carbocycles. The van der Waals surface area contributed by atoms with E-state index in [1.54, 1.807) is 19.0 Å². The van der Waals surface area contributed by atoms with E-state index < -0.39 is 5.60 Å². The van der Waals surface area contributed by atoms with Crippen molar-refractivity contribution in [3.8, 4) is 5.75 Å². The van der Waals surface area contributed by atoms with Gasteiger partial charge in [0, 0.05) is 53.1 Å². The second-order valence-electron chi connectivity index (χ2n) is 7.99. The van der Waals surface area contributed by atoms with E-state index in [-0.39, 0.29) is 12.2 Å². The molecule has 0 aromatic heterocycles. The van der Waals surface area contributed by atoms with Crippen LogP contribution in [-0.4, -0.2) is 73.8 Å². The number of piperidine rings is 1. The number of rotatable bonds is 5. The van der Waals surface area contributed by atoms with E-state index in [1.807, 2.05) is 51.1 Å². The minimum atomic E-state index is -0.485. The standard InChI is InChI=1S/C21H34N4O3/c1-21(2,3)28-20(26)24(5)16-13-23-19(22-4)25-14-11-18(12-15-25)27-17-9-7-6-8-10-17/h6-10,18H,11-16H2,1-5H3,(H,22,23). The van der Waals surface area contributed by atoms with Gasteiger partial charge in [-0.2, -0.15) is 0 Å². The van der Waals surface area contributed by atoms with Gasteiger partial charge >= 0.3 is 6.09 Å². The van der Waals surface area contributed by atoms with Crippen molar-refractivity contribution in [1.29, 1.82) is 0 Å². The molecule has 2 rings (SSSR count). The third-order valence-corrected chi connectivity index (χ3v) is 4.43. The van der Waals surface area contributed by atoms with Crippen LogP contribution in [0.3, 0.4) is 0 Å². The first-order valence-corrected chi connectivity index (χ1v) is 9.90. The van der Waals surface area contributed by atoms with Crippen LogP contribution in [0.5, 0.6) is 5.75 Å². The summed E-state index contributed by atoms with van der Waals surface area (Å²) in [6.07, 6.45) is 1.82. The molecule has 1 N–H and O–H groups in total. The summed E-state index contributed by atoms with van der Waals surface area (Å²) in [6, 6.07) is 9.96. The first-order valence-electron chi connectivity index (χ1n) is 9.90. The molecule has 0 atom stereocenters. The predicted molar refractivity (Wildman–Crippen MR) is 112 cm³/mol. The molecule has 1 aromatic rings. The van der Waals surface area contributed by atoms with Crippen LogP contribution in [0.25, 0.3) is 0 Å². The monoisotopic (exact) mass is 390 g/mol. The van der Waals surface area contributed by atoms with E-state index in [9.17, 15) is 4.79 Å². The number of nitrogens with one attached hydrogen (secondary N) is 1. The van der Waals surface area contributed by atoms with Crippen molar-refractivity contribution in [3.63, 3.8) is 0 Å². The minimum Gasteiger partial charge on any atom is -0.490 e. The Morgan fingerprint density at radius 2 is 1.89 bits per heavy atom. The smallest absolute Gasteiger partial charge is 0.410 e. The SMILES string of the molecule is CN=C(NCCN(C)C(=O)OC(C)(C)C)N1CCC(Oc2ccccc2)CC1. The van der Waals surface area contributed by atoms with Gasteiger partial charge in [0.2, 0.25) is 0 Å². The number of para-hydroxylation sites is 1. The van der Waals surface area contributed by atoms with Gasteiger partial charge in [-0.1, -0.05) is 18.2 Å². The number of likely N-dealkylation sites (tertiary alicyclic amines) is 1. The number of amides is 1. The van der Waals surface area contributed by atoms with Gasteiger partial charge in [-0.25, -0.2) is 4.79 Å². The Morgan fingerprint density at radius 1 is 1.25 bits per heavy atom. The largest absolute Gasteiger partial charge is 0.490 e. The Morgan fingerprint density at radius 3 is 2.46 bits per heavy atom. The molecule has 156 valence electrons. The molecule has 1 fully saturated rings. The van der Waals surface area contributed by atoms with E-state index in [1.165, 1.54) is 0 Å². The number of guanidine groups is 1. The van der Waals surface area contributed by atoms with E-state index in [0.29, 0.717) is 13.1 Å². The third kappa shape index (κ3) is 7.29. The Hall–Kier alpha value is -2.44. The van der Waals surface area contributed by atoms with Crippen molar-refractivity contribution >= 4 is 12.1 Å². The summed E-state index contributed by atoms with van der Waals surface area (Å²) in [5.74, 6) is 1.78. The number of carbonyl (C=O) groups excluding carboxylic acids is 1. The summed E-state index contributed by atoms with van der Waals surface area (Å²) in [7, 11) is 3.53. The van der Waals surface area contributed by atoms with Crippen molar-refractivity contribution in [2.75, 3.05) is 40.3 Å². The van der Waals surface area contributed by atoms with Crippen LogP contribution in [0, 0.1) is 0 Å². The summed E-state index contributed by atoms with van der Waals surface area (Å²) in [4.78, 5) is 20.2. The molecule has 0 spiro atoms. The molecule has 7 heteroatoms. The van der Waals surface area contributed by atoms with Crippen LogP contribution in [0.1, 0.15) is 33.6 Å². The third-order valence-electron chi connectivity index (χ3n) is 4.43. The number of aliphatic imine (C=N–C) groups is 1. The van der Waals surface area contributed by atoms with Crippen LogP contribution in [0.15, 0.2) is 35.3 Å². The molecule has 7 nitrogen and oxygen atoms in total. The van der Waals surface area contributed by atoms with E-state index in [2.05, 4.69) is 15.2 Å². The van der Waals surface area contributed by atoms with Gasteiger partial charge in [0.05, 0.1) is 0 Å². The van der Waals surface area contributed by atoms with E-state index in [0.717, 1.165) is 37.6 Å². The van der Waals surface area contributed by atoms with Crippen molar-refractivity contribution < 1.29 is 14.3 Å². The summed E-state index contributed by atoms with van der Waals surface area (Å²) in [6.45, 7) is 8.53. The Bertz CT molecular complexity index is 635. The number of likely N-dealkylation sites (N-methyl/N-ethyl adjacent to an activating group) is 1. The fourth-order valence-electron chi connectivity index (χ4n) is 2.98.